The zero-order valence-corrected chi connectivity index (χ0v) is 19.9. The highest BCUT2D eigenvalue weighted by Crippen LogP contribution is 2.33. The second-order valence-electron chi connectivity index (χ2n) is 8.11. The van der Waals surface area contributed by atoms with E-state index in [-0.39, 0.29) is 6.03 Å². The summed E-state index contributed by atoms with van der Waals surface area (Å²) in [4.78, 5) is 21.4. The maximum absolute atomic E-state index is 12.7. The van der Waals surface area contributed by atoms with Crippen LogP contribution in [0, 0.1) is 0 Å². The highest BCUT2D eigenvalue weighted by Gasteiger charge is 2.11. The van der Waals surface area contributed by atoms with Crippen LogP contribution in [0.15, 0.2) is 85.2 Å². The lowest BCUT2D eigenvalue weighted by molar-refractivity contribution is 0.262. The largest absolute Gasteiger partial charge is 0.493 e. The summed E-state index contributed by atoms with van der Waals surface area (Å²) < 4.78 is 10.8. The third kappa shape index (κ3) is 4.83. The molecular formula is C28H25N5O3. The lowest BCUT2D eigenvalue weighted by atomic mass is 10.1. The van der Waals surface area contributed by atoms with Gasteiger partial charge in [0.2, 0.25) is 0 Å². The van der Waals surface area contributed by atoms with E-state index in [1.54, 1.807) is 14.2 Å². The van der Waals surface area contributed by atoms with Crippen LogP contribution in [-0.2, 0) is 6.54 Å². The van der Waals surface area contributed by atoms with Crippen molar-refractivity contribution in [1.29, 1.82) is 0 Å². The molecule has 0 saturated carbocycles. The number of aromatic nitrogens is 2. The van der Waals surface area contributed by atoms with Crippen molar-refractivity contribution in [3.8, 4) is 11.5 Å². The van der Waals surface area contributed by atoms with Crippen molar-refractivity contribution in [2.45, 2.75) is 6.54 Å². The molecular weight excluding hydrogens is 454 g/mol. The van der Waals surface area contributed by atoms with Gasteiger partial charge in [0.15, 0.2) is 11.5 Å². The van der Waals surface area contributed by atoms with Crippen LogP contribution < -0.4 is 25.4 Å². The Morgan fingerprint density at radius 2 is 1.58 bits per heavy atom. The number of carbonyl (C=O) groups is 1. The van der Waals surface area contributed by atoms with Gasteiger partial charge in [0, 0.05) is 29.1 Å². The fraction of sp³-hybridized carbons (Fsp3) is 0.107. The van der Waals surface area contributed by atoms with E-state index < -0.39 is 0 Å². The molecule has 8 heteroatoms. The molecule has 0 saturated heterocycles. The number of ether oxygens (including phenoxy) is 2. The van der Waals surface area contributed by atoms with E-state index in [9.17, 15) is 4.79 Å². The molecule has 180 valence electrons. The summed E-state index contributed by atoms with van der Waals surface area (Å²) in [6.07, 6.45) is 1.51. The molecule has 8 nitrogen and oxygen atoms in total. The Morgan fingerprint density at radius 3 is 2.44 bits per heavy atom. The lowest BCUT2D eigenvalue weighted by Crippen LogP contribution is -2.19. The Morgan fingerprint density at radius 1 is 0.806 bits per heavy atom. The van der Waals surface area contributed by atoms with Gasteiger partial charge in [-0.3, -0.25) is 0 Å². The zero-order valence-electron chi connectivity index (χ0n) is 19.9. The molecule has 2 amide bonds. The van der Waals surface area contributed by atoms with Gasteiger partial charge in [-0.2, -0.15) is 0 Å². The molecule has 0 fully saturated rings. The van der Waals surface area contributed by atoms with Gasteiger partial charge in [0.1, 0.15) is 12.1 Å². The summed E-state index contributed by atoms with van der Waals surface area (Å²) in [6, 6.07) is 24.8. The molecule has 0 aliphatic heterocycles. The third-order valence-corrected chi connectivity index (χ3v) is 5.82. The van der Waals surface area contributed by atoms with Crippen LogP contribution in [0.4, 0.5) is 22.0 Å². The van der Waals surface area contributed by atoms with Gasteiger partial charge in [0.25, 0.3) is 0 Å². The fourth-order valence-corrected chi connectivity index (χ4v) is 4.09. The highest BCUT2D eigenvalue weighted by atomic mass is 16.5. The minimum absolute atomic E-state index is 0.306. The average Bonchev–Trinajstić information content (AvgIpc) is 2.91. The zero-order chi connectivity index (χ0) is 24.9. The number of hydrogen-bond donors (Lipinski definition) is 3. The molecule has 0 aliphatic rings. The normalized spacial score (nSPS) is 10.7. The summed E-state index contributed by atoms with van der Waals surface area (Å²) in [5.41, 5.74) is 3.16. The molecule has 4 aromatic carbocycles. The molecule has 5 aromatic rings. The van der Waals surface area contributed by atoms with Crippen LogP contribution in [0.1, 0.15) is 5.56 Å². The number of nitrogens with one attached hydrogen (secondary N) is 3. The second-order valence-corrected chi connectivity index (χ2v) is 8.11. The first-order valence-electron chi connectivity index (χ1n) is 11.4. The topological polar surface area (TPSA) is 97.4 Å². The van der Waals surface area contributed by atoms with E-state index in [1.165, 1.54) is 6.33 Å². The number of hydrogen-bond acceptors (Lipinski definition) is 6. The Kier molecular flexibility index (Phi) is 6.48. The van der Waals surface area contributed by atoms with Crippen LogP contribution in [0.3, 0.4) is 0 Å². The van der Waals surface area contributed by atoms with Crippen molar-refractivity contribution in [1.82, 2.24) is 9.97 Å². The van der Waals surface area contributed by atoms with Crippen molar-refractivity contribution < 1.29 is 14.3 Å². The first kappa shape index (κ1) is 22.9. The molecule has 36 heavy (non-hydrogen) atoms. The first-order valence-corrected chi connectivity index (χ1v) is 11.4. The SMILES string of the molecule is COc1cc2ncnc(NCc3cccc(NC(=O)Nc4cccc5ccccc45)c3)c2cc1OC. The molecule has 0 bridgehead atoms. The minimum Gasteiger partial charge on any atom is -0.493 e. The summed E-state index contributed by atoms with van der Waals surface area (Å²) >= 11 is 0. The number of nitrogens with zero attached hydrogens (tertiary/aromatic N) is 2. The predicted octanol–water partition coefficient (Wildman–Crippen LogP) is 6.06. The predicted molar refractivity (Wildman–Crippen MR) is 143 cm³/mol. The molecule has 0 aliphatic carbocycles. The number of fused-ring (bicyclic) bond motifs is 2. The highest BCUT2D eigenvalue weighted by molar-refractivity contribution is 6.06. The van der Waals surface area contributed by atoms with E-state index in [0.717, 1.165) is 32.9 Å². The fourth-order valence-electron chi connectivity index (χ4n) is 4.09. The van der Waals surface area contributed by atoms with E-state index >= 15 is 0 Å². The first-order chi connectivity index (χ1) is 17.6. The second kappa shape index (κ2) is 10.2. The van der Waals surface area contributed by atoms with Gasteiger partial charge in [-0.1, -0.05) is 48.5 Å². The van der Waals surface area contributed by atoms with Crippen LogP contribution in [0.25, 0.3) is 21.7 Å². The van der Waals surface area contributed by atoms with Crippen molar-refractivity contribution in [3.63, 3.8) is 0 Å². The van der Waals surface area contributed by atoms with E-state index in [4.69, 9.17) is 9.47 Å². The summed E-state index contributed by atoms with van der Waals surface area (Å²) in [5.74, 6) is 1.88. The van der Waals surface area contributed by atoms with E-state index in [0.29, 0.717) is 29.5 Å². The third-order valence-electron chi connectivity index (χ3n) is 5.82. The number of methoxy groups -OCH3 is 2. The van der Waals surface area contributed by atoms with Crippen molar-refractivity contribution in [2.75, 3.05) is 30.2 Å². The van der Waals surface area contributed by atoms with Gasteiger partial charge in [0.05, 0.1) is 25.4 Å². The maximum atomic E-state index is 12.7. The number of urea groups is 1. The Labute approximate surface area is 208 Å². The number of amides is 2. The van der Waals surface area contributed by atoms with E-state index in [1.807, 2.05) is 78.9 Å². The molecule has 1 aromatic heterocycles. The molecule has 0 radical (unpaired) electrons. The van der Waals surface area contributed by atoms with Gasteiger partial charge < -0.3 is 25.4 Å². The molecule has 1 heterocycles. The van der Waals surface area contributed by atoms with Crippen molar-refractivity contribution in [2.24, 2.45) is 0 Å². The Balaban J connectivity index is 1.29. The van der Waals surface area contributed by atoms with Crippen molar-refractivity contribution in [3.05, 3.63) is 90.8 Å². The van der Waals surface area contributed by atoms with Gasteiger partial charge in [-0.15, -0.1) is 0 Å². The lowest BCUT2D eigenvalue weighted by Gasteiger charge is -2.13. The van der Waals surface area contributed by atoms with Gasteiger partial charge >= 0.3 is 6.03 Å². The number of anilines is 3. The Bertz CT molecular complexity index is 1550. The van der Waals surface area contributed by atoms with Crippen LogP contribution in [0.2, 0.25) is 0 Å². The van der Waals surface area contributed by atoms with Crippen molar-refractivity contribution >= 4 is 44.9 Å². The minimum atomic E-state index is -0.306. The van der Waals surface area contributed by atoms with Gasteiger partial charge in [-0.05, 0) is 35.2 Å². The quantitative estimate of drug-likeness (QED) is 0.263. The summed E-state index contributed by atoms with van der Waals surface area (Å²) in [5, 5.41) is 12.1. The molecule has 5 rings (SSSR count). The maximum Gasteiger partial charge on any atom is 0.323 e. The number of benzene rings is 4. The standard InChI is InChI=1S/C28H25N5O3/c1-35-25-14-22-24(15-26(25)36-2)30-17-31-27(22)29-16-18-7-5-10-20(13-18)32-28(34)33-23-12-6-9-19-8-3-4-11-21(19)23/h3-15,17H,16H2,1-2H3,(H,29,30,31)(H2,32,33,34). The molecule has 0 atom stereocenters. The smallest absolute Gasteiger partial charge is 0.323 e. The van der Waals surface area contributed by atoms with Crippen LogP contribution in [0.5, 0.6) is 11.5 Å². The monoisotopic (exact) mass is 479 g/mol. The Hall–Kier alpha value is -4.85. The summed E-state index contributed by atoms with van der Waals surface area (Å²) in [7, 11) is 3.18. The van der Waals surface area contributed by atoms with E-state index in [2.05, 4.69) is 25.9 Å². The van der Waals surface area contributed by atoms with Crippen LogP contribution >= 0.6 is 0 Å². The summed E-state index contributed by atoms with van der Waals surface area (Å²) in [6.45, 7) is 0.501. The number of carbonyl (C=O) groups excluding carboxylic acids is 1. The average molecular weight is 480 g/mol. The molecule has 3 N–H and O–H groups in total. The van der Waals surface area contributed by atoms with Gasteiger partial charge in [-0.25, -0.2) is 14.8 Å². The number of rotatable bonds is 7. The molecule has 0 unspecified atom stereocenters. The molecule has 0 spiro atoms. The van der Waals surface area contributed by atoms with Crippen LogP contribution in [-0.4, -0.2) is 30.2 Å².